The highest BCUT2D eigenvalue weighted by atomic mass is 32.1. The van der Waals surface area contributed by atoms with Crippen LogP contribution in [-0.2, 0) is 25.6 Å². The molecule has 196 valence electrons. The first-order valence-corrected chi connectivity index (χ1v) is 11.3. The number of imidazole rings is 1. The number of carbonyl (C=O) groups excluding carboxylic acids is 3. The molecule has 0 aliphatic heterocycles. The largest absolute Gasteiger partial charge is 0.480 e. The van der Waals surface area contributed by atoms with E-state index >= 15 is 0 Å². The lowest BCUT2D eigenvalue weighted by molar-refractivity contribution is -0.141. The Hall–Kier alpha value is -3.37. The molecule has 1 heterocycles. The minimum Gasteiger partial charge on any atom is -0.480 e. The molecule has 0 aliphatic carbocycles. The lowest BCUT2D eigenvalue weighted by atomic mass is 10.1. The molecule has 35 heavy (non-hydrogen) atoms. The predicted molar refractivity (Wildman–Crippen MR) is 129 cm³/mol. The molecule has 16 heteroatoms. The second kappa shape index (κ2) is 14.8. The van der Waals surface area contributed by atoms with Crippen LogP contribution < -0.4 is 33.2 Å². The third kappa shape index (κ3) is 10.6. The fourth-order valence-electron chi connectivity index (χ4n) is 2.82. The monoisotopic (exact) mass is 515 g/mol. The summed E-state index contributed by atoms with van der Waals surface area (Å²) in [5, 5.41) is 26.1. The quantitative estimate of drug-likeness (QED) is 0.0470. The number of thiol groups is 1. The number of carbonyl (C=O) groups is 4. The topological polar surface area (TPSA) is 264 Å². The van der Waals surface area contributed by atoms with Crippen LogP contribution in [0, 0.1) is 0 Å². The van der Waals surface area contributed by atoms with Crippen molar-refractivity contribution in [3.63, 3.8) is 0 Å². The van der Waals surface area contributed by atoms with Crippen LogP contribution in [0.2, 0.25) is 0 Å². The van der Waals surface area contributed by atoms with Crippen LogP contribution in [0.4, 0.5) is 0 Å². The maximum atomic E-state index is 13.1. The summed E-state index contributed by atoms with van der Waals surface area (Å²) in [4.78, 5) is 60.0. The van der Waals surface area contributed by atoms with Crippen LogP contribution >= 0.6 is 12.6 Å². The van der Waals surface area contributed by atoms with Crippen molar-refractivity contribution in [1.29, 1.82) is 0 Å². The average Bonchev–Trinajstić information content (AvgIpc) is 3.30. The van der Waals surface area contributed by atoms with Gasteiger partial charge in [0.2, 0.25) is 17.7 Å². The molecule has 1 aromatic heterocycles. The number of nitrogens with one attached hydrogen (secondary N) is 4. The van der Waals surface area contributed by atoms with Gasteiger partial charge in [0.15, 0.2) is 5.96 Å². The van der Waals surface area contributed by atoms with Gasteiger partial charge in [0.05, 0.1) is 12.4 Å². The van der Waals surface area contributed by atoms with Crippen molar-refractivity contribution in [2.45, 2.75) is 56.5 Å². The van der Waals surface area contributed by atoms with Crippen molar-refractivity contribution in [3.05, 3.63) is 18.2 Å². The molecule has 1 rings (SSSR count). The Labute approximate surface area is 207 Å². The van der Waals surface area contributed by atoms with E-state index in [4.69, 9.17) is 17.2 Å². The van der Waals surface area contributed by atoms with E-state index in [1.807, 2.05) is 0 Å². The van der Waals surface area contributed by atoms with E-state index in [0.717, 1.165) is 0 Å². The number of guanidine groups is 1. The van der Waals surface area contributed by atoms with Gasteiger partial charge in [-0.2, -0.15) is 12.6 Å². The molecule has 0 spiro atoms. The fourth-order valence-corrected chi connectivity index (χ4v) is 3.06. The number of aromatic nitrogens is 2. The number of aromatic amines is 1. The number of aliphatic imine (C=N–C) groups is 1. The minimum absolute atomic E-state index is 0.0433. The summed E-state index contributed by atoms with van der Waals surface area (Å²) < 4.78 is 0. The molecule has 0 saturated carbocycles. The van der Waals surface area contributed by atoms with Gasteiger partial charge in [-0.05, 0) is 19.8 Å². The van der Waals surface area contributed by atoms with Gasteiger partial charge in [-0.25, -0.2) is 9.78 Å². The van der Waals surface area contributed by atoms with E-state index in [-0.39, 0.29) is 31.1 Å². The number of aliphatic carboxylic acids is 1. The summed E-state index contributed by atoms with van der Waals surface area (Å²) in [7, 11) is 0. The summed E-state index contributed by atoms with van der Waals surface area (Å²) >= 11 is 3.92. The van der Waals surface area contributed by atoms with E-state index in [9.17, 15) is 29.4 Å². The van der Waals surface area contributed by atoms with Crippen LogP contribution in [0.1, 0.15) is 25.5 Å². The van der Waals surface area contributed by atoms with E-state index < -0.39 is 54.0 Å². The lowest BCUT2D eigenvalue weighted by Crippen LogP contribution is -2.58. The highest BCUT2D eigenvalue weighted by molar-refractivity contribution is 7.80. The third-order valence-electron chi connectivity index (χ3n) is 4.81. The first kappa shape index (κ1) is 29.7. The number of H-pyrrole nitrogens is 1. The Bertz CT molecular complexity index is 876. The van der Waals surface area contributed by atoms with Gasteiger partial charge in [-0.1, -0.05) is 0 Å². The molecule has 0 radical (unpaired) electrons. The Morgan fingerprint density at radius 1 is 1.11 bits per heavy atom. The van der Waals surface area contributed by atoms with E-state index in [2.05, 4.69) is 43.5 Å². The van der Waals surface area contributed by atoms with Gasteiger partial charge in [0.25, 0.3) is 0 Å². The molecule has 0 aromatic carbocycles. The zero-order valence-corrected chi connectivity index (χ0v) is 20.1. The van der Waals surface area contributed by atoms with Gasteiger partial charge in [0, 0.05) is 30.6 Å². The van der Waals surface area contributed by atoms with Crippen LogP contribution in [0.15, 0.2) is 17.5 Å². The van der Waals surface area contributed by atoms with Crippen LogP contribution in [0.5, 0.6) is 0 Å². The van der Waals surface area contributed by atoms with Crippen LogP contribution in [0.3, 0.4) is 0 Å². The Balaban J connectivity index is 3.06. The van der Waals surface area contributed by atoms with Crippen molar-refractivity contribution in [2.24, 2.45) is 22.2 Å². The number of aliphatic hydroxyl groups is 1. The number of amides is 3. The number of nitrogens with two attached hydrogens (primary N) is 3. The molecule has 0 fully saturated rings. The highest BCUT2D eigenvalue weighted by Crippen LogP contribution is 2.05. The maximum Gasteiger partial charge on any atom is 0.327 e. The van der Waals surface area contributed by atoms with E-state index in [0.29, 0.717) is 12.1 Å². The van der Waals surface area contributed by atoms with Gasteiger partial charge in [-0.15, -0.1) is 0 Å². The summed E-state index contributed by atoms with van der Waals surface area (Å²) in [5.74, 6) is -3.90. The van der Waals surface area contributed by atoms with E-state index in [1.54, 1.807) is 0 Å². The zero-order chi connectivity index (χ0) is 26.5. The summed E-state index contributed by atoms with van der Waals surface area (Å²) in [6.45, 7) is 1.49. The smallest absolute Gasteiger partial charge is 0.327 e. The molecular formula is C19H33N9O6S. The second-order valence-electron chi connectivity index (χ2n) is 7.70. The molecule has 3 amide bonds. The van der Waals surface area contributed by atoms with Crippen LogP contribution in [-0.4, -0.2) is 92.4 Å². The van der Waals surface area contributed by atoms with Crippen molar-refractivity contribution >= 4 is 42.3 Å². The molecule has 1 aromatic rings. The fraction of sp³-hybridized carbons (Fsp3) is 0.579. The van der Waals surface area contributed by atoms with Crippen molar-refractivity contribution in [1.82, 2.24) is 25.9 Å². The number of hydrogen-bond donors (Lipinski definition) is 10. The van der Waals surface area contributed by atoms with Gasteiger partial charge in [-0.3, -0.25) is 19.4 Å². The number of rotatable bonds is 15. The molecule has 0 bridgehead atoms. The second-order valence-corrected chi connectivity index (χ2v) is 8.07. The number of carboxylic acids is 1. The molecule has 5 unspecified atom stereocenters. The highest BCUT2D eigenvalue weighted by Gasteiger charge is 2.31. The summed E-state index contributed by atoms with van der Waals surface area (Å²) in [6, 6.07) is -4.95. The Kier molecular flexibility index (Phi) is 12.5. The number of nitrogens with zero attached hydrogens (tertiary/aromatic N) is 2. The van der Waals surface area contributed by atoms with Gasteiger partial charge in [0.1, 0.15) is 24.2 Å². The number of aliphatic hydroxyl groups excluding tert-OH is 1. The first-order chi connectivity index (χ1) is 16.5. The van der Waals surface area contributed by atoms with E-state index in [1.165, 1.54) is 19.4 Å². The van der Waals surface area contributed by atoms with Crippen molar-refractivity contribution < 1.29 is 29.4 Å². The number of carboxylic acid groups (broad SMARTS) is 1. The van der Waals surface area contributed by atoms with Crippen molar-refractivity contribution in [3.8, 4) is 0 Å². The maximum absolute atomic E-state index is 13.1. The number of hydrogen-bond acceptors (Lipinski definition) is 9. The SMILES string of the molecule is CC(O)C(N)C(=O)NC(CCCN=C(N)N)C(=O)NC(Cc1cnc[nH]1)C(=O)NC(CS)C(=O)O. The predicted octanol–water partition coefficient (Wildman–Crippen LogP) is -3.82. The molecule has 0 saturated heterocycles. The molecule has 5 atom stereocenters. The van der Waals surface area contributed by atoms with Gasteiger partial charge >= 0.3 is 5.97 Å². The first-order valence-electron chi connectivity index (χ1n) is 10.7. The summed E-state index contributed by atoms with van der Waals surface area (Å²) in [5.41, 5.74) is 16.7. The minimum atomic E-state index is -1.29. The summed E-state index contributed by atoms with van der Waals surface area (Å²) in [6.07, 6.45) is 1.97. The normalized spacial score (nSPS) is 15.1. The molecule has 12 N–H and O–H groups in total. The van der Waals surface area contributed by atoms with Crippen LogP contribution in [0.25, 0.3) is 0 Å². The molecule has 15 nitrogen and oxygen atoms in total. The Morgan fingerprint density at radius 2 is 1.71 bits per heavy atom. The average molecular weight is 516 g/mol. The standard InChI is InChI=1S/C19H33N9O6S/c1-9(29)14(20)17(32)26-11(3-2-4-24-19(21)22)15(30)27-12(5-10-6-23-8-25-10)16(31)28-13(7-35)18(33)34/h6,8-9,11-14,29,35H,2-5,7,20H2,1H3,(H,23,25)(H,26,32)(H,27,30)(H,28,31)(H,33,34)(H4,21,22,24). The zero-order valence-electron chi connectivity index (χ0n) is 19.2. The molecule has 0 aliphatic rings. The lowest BCUT2D eigenvalue weighted by Gasteiger charge is -2.25. The van der Waals surface area contributed by atoms with Crippen molar-refractivity contribution in [2.75, 3.05) is 12.3 Å². The van der Waals surface area contributed by atoms with Gasteiger partial charge < -0.3 is 48.3 Å². The Morgan fingerprint density at radius 3 is 2.23 bits per heavy atom. The molecular weight excluding hydrogens is 482 g/mol. The third-order valence-corrected chi connectivity index (χ3v) is 5.17.